The number of carbonyl (C=O) groups is 2. The quantitative estimate of drug-likeness (QED) is 0.377. The lowest BCUT2D eigenvalue weighted by molar-refractivity contribution is 0.0996. The summed E-state index contributed by atoms with van der Waals surface area (Å²) >= 11 is 1.58. The molecule has 1 amide bonds. The minimum absolute atomic E-state index is 0.179. The van der Waals surface area contributed by atoms with Gasteiger partial charge in [-0.1, -0.05) is 60.7 Å². The number of thiazole rings is 1. The summed E-state index contributed by atoms with van der Waals surface area (Å²) in [5, 5.41) is 4.88. The summed E-state index contributed by atoms with van der Waals surface area (Å²) in [4.78, 5) is 31.4. The topological polar surface area (TPSA) is 63.5 Å². The first kappa shape index (κ1) is 19.0. The molecule has 0 aliphatic rings. The number of anilines is 1. The minimum Gasteiger partial charge on any atom is -0.322 e. The molecule has 5 nitrogen and oxygen atoms in total. The molecule has 1 N–H and O–H groups in total. The van der Waals surface area contributed by atoms with E-state index in [1.807, 2.05) is 52.5 Å². The molecule has 0 unspecified atom stereocenters. The fraction of sp³-hybridized carbons (Fsp3) is 0. The second kappa shape index (κ2) is 8.01. The standard InChI is InChI=1S/C25H17N3O2S/c29-23(18-6-2-1-3-7-18)20-8-4-5-9-21(20)24(30)26-19-12-10-17(11-13-19)22-16-28-14-15-31-25(28)27-22/h1-16H,(H,26,30). The summed E-state index contributed by atoms with van der Waals surface area (Å²) in [7, 11) is 0. The summed E-state index contributed by atoms with van der Waals surface area (Å²) in [6, 6.07) is 23.3. The number of rotatable bonds is 5. The lowest BCUT2D eigenvalue weighted by atomic mass is 9.98. The number of hydrogen-bond donors (Lipinski definition) is 1. The Bertz CT molecular complexity index is 1360. The van der Waals surface area contributed by atoms with Gasteiger partial charge in [0.15, 0.2) is 10.7 Å². The third kappa shape index (κ3) is 3.76. The van der Waals surface area contributed by atoms with E-state index in [1.54, 1.807) is 59.9 Å². The van der Waals surface area contributed by atoms with Gasteiger partial charge in [-0.05, 0) is 18.2 Å². The highest BCUT2D eigenvalue weighted by Crippen LogP contribution is 2.24. The minimum atomic E-state index is -0.324. The molecule has 0 spiro atoms. The molecule has 0 fully saturated rings. The van der Waals surface area contributed by atoms with Crippen molar-refractivity contribution in [2.24, 2.45) is 0 Å². The normalized spacial score (nSPS) is 10.8. The van der Waals surface area contributed by atoms with Crippen molar-refractivity contribution < 1.29 is 9.59 Å². The Balaban J connectivity index is 1.37. The molecular weight excluding hydrogens is 406 g/mol. The van der Waals surface area contributed by atoms with E-state index in [1.165, 1.54) is 0 Å². The van der Waals surface area contributed by atoms with Crippen LogP contribution in [0.3, 0.4) is 0 Å². The number of nitrogens with one attached hydrogen (secondary N) is 1. The van der Waals surface area contributed by atoms with Crippen molar-refractivity contribution in [1.29, 1.82) is 0 Å². The highest BCUT2D eigenvalue weighted by atomic mass is 32.1. The predicted molar refractivity (Wildman–Crippen MR) is 123 cm³/mol. The second-order valence-electron chi connectivity index (χ2n) is 6.99. The molecule has 150 valence electrons. The third-order valence-corrected chi connectivity index (χ3v) is 5.75. The lowest BCUT2D eigenvalue weighted by Crippen LogP contribution is -2.16. The lowest BCUT2D eigenvalue weighted by Gasteiger charge is -2.10. The van der Waals surface area contributed by atoms with Gasteiger partial charge in [-0.15, -0.1) is 11.3 Å². The van der Waals surface area contributed by atoms with E-state index in [4.69, 9.17) is 0 Å². The second-order valence-corrected chi connectivity index (χ2v) is 7.86. The van der Waals surface area contributed by atoms with Crippen LogP contribution in [0.25, 0.3) is 16.2 Å². The van der Waals surface area contributed by atoms with Crippen molar-refractivity contribution in [3.05, 3.63) is 113 Å². The number of fused-ring (bicyclic) bond motifs is 1. The zero-order valence-corrected chi connectivity index (χ0v) is 17.2. The Morgan fingerprint density at radius 1 is 0.839 bits per heavy atom. The van der Waals surface area contributed by atoms with Crippen LogP contribution in [0, 0.1) is 0 Å². The van der Waals surface area contributed by atoms with Gasteiger partial charge in [0.05, 0.1) is 11.3 Å². The van der Waals surface area contributed by atoms with Crippen LogP contribution >= 0.6 is 11.3 Å². The summed E-state index contributed by atoms with van der Waals surface area (Å²) in [6.45, 7) is 0. The molecule has 0 aliphatic carbocycles. The molecule has 0 bridgehead atoms. The summed E-state index contributed by atoms with van der Waals surface area (Å²) in [5.41, 5.74) is 3.76. The number of amides is 1. The monoisotopic (exact) mass is 423 g/mol. The van der Waals surface area contributed by atoms with Crippen LogP contribution in [0.2, 0.25) is 0 Å². The Labute approximate surface area is 182 Å². The molecule has 2 aromatic heterocycles. The molecule has 0 aliphatic heterocycles. The molecule has 0 atom stereocenters. The first-order valence-electron chi connectivity index (χ1n) is 9.72. The van der Waals surface area contributed by atoms with Gasteiger partial charge in [-0.2, -0.15) is 0 Å². The molecule has 5 aromatic rings. The fourth-order valence-electron chi connectivity index (χ4n) is 3.41. The Hall–Kier alpha value is -4.03. The van der Waals surface area contributed by atoms with E-state index < -0.39 is 0 Å². The number of ketones is 1. The van der Waals surface area contributed by atoms with Gasteiger partial charge in [0.1, 0.15) is 0 Å². The van der Waals surface area contributed by atoms with Crippen LogP contribution in [0.15, 0.2) is 96.6 Å². The molecule has 3 aromatic carbocycles. The number of aromatic nitrogens is 2. The highest BCUT2D eigenvalue weighted by Gasteiger charge is 2.18. The number of hydrogen-bond acceptors (Lipinski definition) is 4. The smallest absolute Gasteiger partial charge is 0.256 e. The number of nitrogens with zero attached hydrogens (tertiary/aromatic N) is 2. The van der Waals surface area contributed by atoms with E-state index >= 15 is 0 Å². The van der Waals surface area contributed by atoms with Crippen LogP contribution in [-0.2, 0) is 0 Å². The number of carbonyl (C=O) groups excluding carboxylic acids is 2. The largest absolute Gasteiger partial charge is 0.322 e. The first-order chi connectivity index (χ1) is 15.2. The summed E-state index contributed by atoms with van der Waals surface area (Å²) in [6.07, 6.45) is 3.95. The predicted octanol–water partition coefficient (Wildman–Crippen LogP) is 5.55. The van der Waals surface area contributed by atoms with Crippen LogP contribution in [0.4, 0.5) is 5.69 Å². The molecule has 5 rings (SSSR count). The SMILES string of the molecule is O=C(Nc1ccc(-c2cn3ccsc3n2)cc1)c1ccccc1C(=O)c1ccccc1. The van der Waals surface area contributed by atoms with E-state index in [-0.39, 0.29) is 11.7 Å². The number of imidazole rings is 1. The molecule has 6 heteroatoms. The maximum absolute atomic E-state index is 12.9. The van der Waals surface area contributed by atoms with Crippen molar-refractivity contribution >= 4 is 33.7 Å². The average molecular weight is 423 g/mol. The molecule has 31 heavy (non-hydrogen) atoms. The van der Waals surface area contributed by atoms with Crippen molar-refractivity contribution in [2.45, 2.75) is 0 Å². The van der Waals surface area contributed by atoms with Gasteiger partial charge in [-0.25, -0.2) is 4.98 Å². The number of benzene rings is 3. The third-order valence-electron chi connectivity index (χ3n) is 4.98. The highest BCUT2D eigenvalue weighted by molar-refractivity contribution is 7.15. The van der Waals surface area contributed by atoms with Crippen molar-refractivity contribution in [2.75, 3.05) is 5.32 Å². The van der Waals surface area contributed by atoms with Crippen LogP contribution in [0.1, 0.15) is 26.3 Å². The van der Waals surface area contributed by atoms with Gasteiger partial charge in [0, 0.05) is 40.2 Å². The van der Waals surface area contributed by atoms with Gasteiger partial charge >= 0.3 is 0 Å². The maximum Gasteiger partial charge on any atom is 0.256 e. The van der Waals surface area contributed by atoms with Crippen LogP contribution in [-0.4, -0.2) is 21.1 Å². The summed E-state index contributed by atoms with van der Waals surface area (Å²) in [5.74, 6) is -0.503. The average Bonchev–Trinajstić information content (AvgIpc) is 3.42. The zero-order valence-electron chi connectivity index (χ0n) is 16.4. The molecule has 2 heterocycles. The van der Waals surface area contributed by atoms with Gasteiger partial charge in [-0.3, -0.25) is 14.0 Å². The van der Waals surface area contributed by atoms with Crippen molar-refractivity contribution in [3.63, 3.8) is 0 Å². The Kier molecular flexibility index (Phi) is 4.90. The van der Waals surface area contributed by atoms with Crippen molar-refractivity contribution in [1.82, 2.24) is 9.38 Å². The van der Waals surface area contributed by atoms with Crippen LogP contribution < -0.4 is 5.32 Å². The van der Waals surface area contributed by atoms with Crippen LogP contribution in [0.5, 0.6) is 0 Å². The molecule has 0 radical (unpaired) electrons. The molecular formula is C25H17N3O2S. The molecule has 0 saturated carbocycles. The van der Waals surface area contributed by atoms with Crippen molar-refractivity contribution in [3.8, 4) is 11.3 Å². The van der Waals surface area contributed by atoms with Gasteiger partial charge in [0.2, 0.25) is 0 Å². The molecule has 0 saturated heterocycles. The van der Waals surface area contributed by atoms with Gasteiger partial charge < -0.3 is 5.32 Å². The summed E-state index contributed by atoms with van der Waals surface area (Å²) < 4.78 is 1.98. The van der Waals surface area contributed by atoms with E-state index in [0.29, 0.717) is 22.4 Å². The Morgan fingerprint density at radius 2 is 1.55 bits per heavy atom. The Morgan fingerprint density at radius 3 is 2.29 bits per heavy atom. The van der Waals surface area contributed by atoms with E-state index in [2.05, 4.69) is 10.3 Å². The first-order valence-corrected chi connectivity index (χ1v) is 10.6. The maximum atomic E-state index is 12.9. The van der Waals surface area contributed by atoms with E-state index in [9.17, 15) is 9.59 Å². The zero-order chi connectivity index (χ0) is 21.2. The van der Waals surface area contributed by atoms with Gasteiger partial charge in [0.25, 0.3) is 5.91 Å². The fourth-order valence-corrected chi connectivity index (χ4v) is 4.11. The van der Waals surface area contributed by atoms with E-state index in [0.717, 1.165) is 16.2 Å².